The van der Waals surface area contributed by atoms with Gasteiger partial charge >= 0.3 is 0 Å². The van der Waals surface area contributed by atoms with Crippen LogP contribution < -0.4 is 5.32 Å². The quantitative estimate of drug-likeness (QED) is 0.874. The van der Waals surface area contributed by atoms with Crippen LogP contribution in [-0.2, 0) is 0 Å². The van der Waals surface area contributed by atoms with Crippen LogP contribution in [0.25, 0.3) is 0 Å². The summed E-state index contributed by atoms with van der Waals surface area (Å²) < 4.78 is 2.45. The van der Waals surface area contributed by atoms with Crippen molar-refractivity contribution in [1.29, 1.82) is 0 Å². The fourth-order valence-corrected chi connectivity index (χ4v) is 4.32. The van der Waals surface area contributed by atoms with Crippen LogP contribution in [0.1, 0.15) is 70.5 Å². The van der Waals surface area contributed by atoms with Crippen molar-refractivity contribution in [2.24, 2.45) is 11.8 Å². The second kappa shape index (κ2) is 5.79. The van der Waals surface area contributed by atoms with E-state index < -0.39 is 0 Å². The lowest BCUT2D eigenvalue weighted by Gasteiger charge is -2.24. The van der Waals surface area contributed by atoms with Crippen molar-refractivity contribution in [3.05, 3.63) is 11.9 Å². The Balaban J connectivity index is 1.78. The molecule has 3 unspecified atom stereocenters. The Morgan fingerprint density at radius 2 is 2.00 bits per heavy atom. The van der Waals surface area contributed by atoms with Crippen LogP contribution in [0.5, 0.6) is 0 Å². The van der Waals surface area contributed by atoms with E-state index in [-0.39, 0.29) is 0 Å². The van der Waals surface area contributed by atoms with Crippen LogP contribution >= 0.6 is 0 Å². The average Bonchev–Trinajstić information content (AvgIpc) is 3.11. The van der Waals surface area contributed by atoms with Crippen LogP contribution in [0, 0.1) is 18.8 Å². The third kappa shape index (κ3) is 2.59. The molecule has 3 nitrogen and oxygen atoms in total. The smallest absolute Gasteiger partial charge is 0.203 e. The summed E-state index contributed by atoms with van der Waals surface area (Å²) in [6.07, 6.45) is 11.6. The molecule has 1 heterocycles. The lowest BCUT2D eigenvalue weighted by Crippen LogP contribution is -2.22. The number of rotatable bonds is 4. The Hall–Kier alpha value is -0.990. The average molecular weight is 275 g/mol. The monoisotopic (exact) mass is 275 g/mol. The third-order valence-corrected chi connectivity index (χ3v) is 5.61. The van der Waals surface area contributed by atoms with Crippen LogP contribution in [0.4, 0.5) is 5.95 Å². The molecular weight excluding hydrogens is 246 g/mol. The molecule has 0 saturated heterocycles. The number of aryl methyl sites for hydroxylation is 1. The number of nitrogens with zero attached hydrogens (tertiary/aromatic N) is 2. The molecule has 2 fully saturated rings. The van der Waals surface area contributed by atoms with E-state index >= 15 is 0 Å². The molecule has 0 aliphatic heterocycles. The van der Waals surface area contributed by atoms with E-state index in [0.717, 1.165) is 23.5 Å². The Bertz CT molecular complexity index is 445. The highest BCUT2D eigenvalue weighted by Gasteiger charge is 2.34. The predicted molar refractivity (Wildman–Crippen MR) is 84.1 cm³/mol. The van der Waals surface area contributed by atoms with E-state index in [1.165, 1.54) is 44.9 Å². The second-order valence-corrected chi connectivity index (χ2v) is 6.91. The maximum atomic E-state index is 4.76. The van der Waals surface area contributed by atoms with Crippen molar-refractivity contribution in [3.8, 4) is 0 Å². The predicted octanol–water partition coefficient (Wildman–Crippen LogP) is 4.54. The van der Waals surface area contributed by atoms with E-state index in [2.05, 4.69) is 36.9 Å². The molecule has 112 valence electrons. The normalized spacial score (nSPS) is 31.1. The number of imidazole rings is 1. The van der Waals surface area contributed by atoms with E-state index in [4.69, 9.17) is 4.98 Å². The van der Waals surface area contributed by atoms with Gasteiger partial charge in [-0.15, -0.1) is 0 Å². The summed E-state index contributed by atoms with van der Waals surface area (Å²) in [5.74, 6) is 2.79. The molecule has 1 N–H and O–H groups in total. The molecule has 0 spiro atoms. The molecule has 1 aromatic rings. The zero-order valence-electron chi connectivity index (χ0n) is 13.2. The molecule has 0 bridgehead atoms. The van der Waals surface area contributed by atoms with Gasteiger partial charge in [0.05, 0.1) is 5.69 Å². The fraction of sp³-hybridized carbons (Fsp3) is 0.824. The zero-order chi connectivity index (χ0) is 14.1. The van der Waals surface area contributed by atoms with Gasteiger partial charge in [0.1, 0.15) is 0 Å². The molecule has 2 saturated carbocycles. The summed E-state index contributed by atoms with van der Waals surface area (Å²) in [6.45, 7) is 6.88. The first-order valence-corrected chi connectivity index (χ1v) is 8.51. The first-order chi connectivity index (χ1) is 9.69. The zero-order valence-corrected chi connectivity index (χ0v) is 13.2. The lowest BCUT2D eigenvalue weighted by atomic mass is 9.93. The summed E-state index contributed by atoms with van der Waals surface area (Å²) in [5, 5.41) is 3.71. The number of hydrogen-bond donors (Lipinski definition) is 1. The van der Waals surface area contributed by atoms with Gasteiger partial charge in [0.2, 0.25) is 5.95 Å². The first-order valence-electron chi connectivity index (χ1n) is 8.51. The Kier molecular flexibility index (Phi) is 4.04. The Morgan fingerprint density at radius 3 is 2.65 bits per heavy atom. The van der Waals surface area contributed by atoms with Gasteiger partial charge in [0, 0.05) is 18.3 Å². The summed E-state index contributed by atoms with van der Waals surface area (Å²) in [4.78, 5) is 4.76. The fourth-order valence-electron chi connectivity index (χ4n) is 4.32. The molecule has 2 aliphatic rings. The van der Waals surface area contributed by atoms with Gasteiger partial charge in [-0.2, -0.15) is 0 Å². The minimum atomic E-state index is 0.644. The van der Waals surface area contributed by atoms with E-state index in [0.29, 0.717) is 12.1 Å². The third-order valence-electron chi connectivity index (χ3n) is 5.61. The minimum Gasteiger partial charge on any atom is -0.353 e. The molecule has 3 atom stereocenters. The first kappa shape index (κ1) is 14.0. The van der Waals surface area contributed by atoms with Gasteiger partial charge in [0.15, 0.2) is 0 Å². The van der Waals surface area contributed by atoms with Crippen molar-refractivity contribution < 1.29 is 0 Å². The highest BCUT2D eigenvalue weighted by atomic mass is 15.2. The number of anilines is 1. The number of nitrogens with one attached hydrogen (secondary N) is 1. The van der Waals surface area contributed by atoms with Crippen molar-refractivity contribution in [1.82, 2.24) is 9.55 Å². The molecule has 0 radical (unpaired) electrons. The van der Waals surface area contributed by atoms with Gasteiger partial charge in [0.25, 0.3) is 0 Å². The molecule has 1 aromatic heterocycles. The van der Waals surface area contributed by atoms with Crippen LogP contribution in [0.3, 0.4) is 0 Å². The molecule has 3 heteroatoms. The summed E-state index contributed by atoms with van der Waals surface area (Å²) >= 11 is 0. The van der Waals surface area contributed by atoms with Crippen LogP contribution in [0.15, 0.2) is 6.20 Å². The SMILES string of the molecule is CCC1CCC(n2cc(C)nc2NC2CCCC2)C1C. The standard InChI is InChI=1S/C17H29N3/c1-4-14-9-10-16(13(14)3)20-11-12(2)18-17(20)19-15-7-5-6-8-15/h11,13-16H,4-10H2,1-3H3,(H,18,19). The highest BCUT2D eigenvalue weighted by Crippen LogP contribution is 2.43. The Morgan fingerprint density at radius 1 is 1.25 bits per heavy atom. The maximum Gasteiger partial charge on any atom is 0.203 e. The molecular formula is C17H29N3. The summed E-state index contributed by atoms with van der Waals surface area (Å²) in [7, 11) is 0. The lowest BCUT2D eigenvalue weighted by molar-refractivity contribution is 0.331. The van der Waals surface area contributed by atoms with Gasteiger partial charge in [-0.25, -0.2) is 4.98 Å². The minimum absolute atomic E-state index is 0.644. The Labute approximate surface area is 123 Å². The molecule has 0 aromatic carbocycles. The van der Waals surface area contributed by atoms with Crippen molar-refractivity contribution >= 4 is 5.95 Å². The van der Waals surface area contributed by atoms with Gasteiger partial charge < -0.3 is 9.88 Å². The highest BCUT2D eigenvalue weighted by molar-refractivity contribution is 5.32. The van der Waals surface area contributed by atoms with Crippen molar-refractivity contribution in [2.45, 2.75) is 77.8 Å². The summed E-state index contributed by atoms with van der Waals surface area (Å²) in [5.41, 5.74) is 1.15. The van der Waals surface area contributed by atoms with Crippen LogP contribution in [0.2, 0.25) is 0 Å². The van der Waals surface area contributed by atoms with E-state index in [1.54, 1.807) is 0 Å². The van der Waals surface area contributed by atoms with Crippen LogP contribution in [-0.4, -0.2) is 15.6 Å². The molecule has 0 amide bonds. The van der Waals surface area contributed by atoms with Gasteiger partial charge in [-0.05, 0) is 44.4 Å². The molecule has 20 heavy (non-hydrogen) atoms. The number of aromatic nitrogens is 2. The summed E-state index contributed by atoms with van der Waals surface area (Å²) in [6, 6.07) is 1.29. The second-order valence-electron chi connectivity index (χ2n) is 6.91. The number of hydrogen-bond acceptors (Lipinski definition) is 2. The topological polar surface area (TPSA) is 29.9 Å². The van der Waals surface area contributed by atoms with E-state index in [1.807, 2.05) is 0 Å². The van der Waals surface area contributed by atoms with Crippen molar-refractivity contribution in [3.63, 3.8) is 0 Å². The van der Waals surface area contributed by atoms with Gasteiger partial charge in [-0.3, -0.25) is 0 Å². The maximum absolute atomic E-state index is 4.76. The van der Waals surface area contributed by atoms with Crippen molar-refractivity contribution in [2.75, 3.05) is 5.32 Å². The van der Waals surface area contributed by atoms with E-state index in [9.17, 15) is 0 Å². The van der Waals surface area contributed by atoms with Gasteiger partial charge in [-0.1, -0.05) is 33.1 Å². The largest absolute Gasteiger partial charge is 0.353 e. The molecule has 2 aliphatic carbocycles. The molecule has 3 rings (SSSR count).